The summed E-state index contributed by atoms with van der Waals surface area (Å²) < 4.78 is 6.91. The highest BCUT2D eigenvalue weighted by molar-refractivity contribution is 5.38. The molecule has 0 fully saturated rings. The third-order valence-corrected chi connectivity index (χ3v) is 1.40. The molecule has 2 rings (SSSR count). The van der Waals surface area contributed by atoms with Crippen LogP contribution in [0, 0.1) is 13.8 Å². The summed E-state index contributed by atoms with van der Waals surface area (Å²) in [6.45, 7) is 3.85. The van der Waals surface area contributed by atoms with Gasteiger partial charge in [0.05, 0.1) is 11.9 Å². The van der Waals surface area contributed by atoms with E-state index in [0.29, 0.717) is 0 Å². The van der Waals surface area contributed by atoms with E-state index in [-0.39, 0.29) is 0 Å². The summed E-state index contributed by atoms with van der Waals surface area (Å²) in [5.74, 6) is 0.891. The van der Waals surface area contributed by atoms with Crippen molar-refractivity contribution in [3.05, 3.63) is 23.7 Å². The maximum Gasteiger partial charge on any atom is 0.172 e. The average molecular weight is 136 g/mol. The molecule has 0 saturated heterocycles. The van der Waals surface area contributed by atoms with E-state index in [9.17, 15) is 0 Å². The summed E-state index contributed by atoms with van der Waals surface area (Å²) in [5.41, 5.74) is 1.87. The Morgan fingerprint density at radius 3 is 3.00 bits per heavy atom. The maximum absolute atomic E-state index is 5.24. The Bertz CT molecular complexity index is 295. The van der Waals surface area contributed by atoms with Crippen molar-refractivity contribution >= 4 is 5.65 Å². The molecule has 0 aromatic carbocycles. The van der Waals surface area contributed by atoms with Crippen LogP contribution in [0.5, 0.6) is 0 Å². The first-order valence-electron chi connectivity index (χ1n) is 3.18. The number of rotatable bonds is 0. The van der Waals surface area contributed by atoms with Crippen LogP contribution in [0.3, 0.4) is 0 Å². The lowest BCUT2D eigenvalue weighted by Gasteiger charge is -1.77. The molecule has 0 saturated carbocycles. The van der Waals surface area contributed by atoms with Crippen LogP contribution in [0.2, 0.25) is 0 Å². The van der Waals surface area contributed by atoms with E-state index in [0.717, 1.165) is 17.1 Å². The van der Waals surface area contributed by atoms with Crippen LogP contribution in [0.1, 0.15) is 11.5 Å². The fourth-order valence-corrected chi connectivity index (χ4v) is 1.03. The van der Waals surface area contributed by atoms with Crippen molar-refractivity contribution in [2.24, 2.45) is 0 Å². The molecule has 2 aromatic heterocycles. The van der Waals surface area contributed by atoms with Crippen molar-refractivity contribution in [3.8, 4) is 0 Å². The first-order valence-corrected chi connectivity index (χ1v) is 3.18. The molecule has 0 aliphatic heterocycles. The monoisotopic (exact) mass is 136 g/mol. The molecular formula is C7H8N2O. The molecule has 0 unspecified atom stereocenters. The van der Waals surface area contributed by atoms with Crippen LogP contribution in [0.4, 0.5) is 0 Å². The summed E-state index contributed by atoms with van der Waals surface area (Å²) in [7, 11) is 0. The molecule has 0 spiro atoms. The van der Waals surface area contributed by atoms with Crippen LogP contribution in [-0.2, 0) is 0 Å². The van der Waals surface area contributed by atoms with Gasteiger partial charge in [-0.2, -0.15) is 4.57 Å². The standard InChI is InChI=1S/C7H8N2O/c1-5-4-9-7(8-5)3-6(2)10-9/h3-4H,1-2H3. The Labute approximate surface area is 58.2 Å². The first kappa shape index (κ1) is 5.53. The third kappa shape index (κ3) is 0.635. The molecule has 3 nitrogen and oxygen atoms in total. The molecule has 0 atom stereocenters. The molecule has 0 amide bonds. The van der Waals surface area contributed by atoms with Gasteiger partial charge in [0.1, 0.15) is 5.76 Å². The van der Waals surface area contributed by atoms with Crippen molar-refractivity contribution in [2.45, 2.75) is 13.8 Å². The van der Waals surface area contributed by atoms with Gasteiger partial charge in [0, 0.05) is 6.07 Å². The van der Waals surface area contributed by atoms with Crippen molar-refractivity contribution in [3.63, 3.8) is 0 Å². The quantitative estimate of drug-likeness (QED) is 0.550. The summed E-state index contributed by atoms with van der Waals surface area (Å²) >= 11 is 0. The van der Waals surface area contributed by atoms with Crippen molar-refractivity contribution in [1.29, 1.82) is 0 Å². The number of fused-ring (bicyclic) bond motifs is 1. The first-order chi connectivity index (χ1) is 4.75. The predicted octanol–water partition coefficient (Wildman–Crippen LogP) is 1.54. The molecule has 0 aliphatic rings. The predicted molar refractivity (Wildman–Crippen MR) is 36.9 cm³/mol. The Hall–Kier alpha value is -1.25. The smallest absolute Gasteiger partial charge is 0.172 e. The Balaban J connectivity index is 2.83. The lowest BCUT2D eigenvalue weighted by molar-refractivity contribution is 0.357. The van der Waals surface area contributed by atoms with Gasteiger partial charge in [-0.25, -0.2) is 4.98 Å². The summed E-state index contributed by atoms with van der Waals surface area (Å²) in [5, 5.41) is 0. The normalized spacial score (nSPS) is 11.0. The Morgan fingerprint density at radius 1 is 1.50 bits per heavy atom. The molecule has 2 aromatic rings. The van der Waals surface area contributed by atoms with Crippen LogP contribution in [-0.4, -0.2) is 9.56 Å². The van der Waals surface area contributed by atoms with Crippen LogP contribution < -0.4 is 0 Å². The van der Waals surface area contributed by atoms with Gasteiger partial charge in [0.2, 0.25) is 0 Å². The van der Waals surface area contributed by atoms with Gasteiger partial charge in [-0.05, 0) is 13.8 Å². The molecule has 2 heterocycles. The van der Waals surface area contributed by atoms with Gasteiger partial charge in [-0.15, -0.1) is 0 Å². The highest BCUT2D eigenvalue weighted by Gasteiger charge is 2.00. The number of hydrogen-bond donors (Lipinski definition) is 0. The second kappa shape index (κ2) is 1.62. The fourth-order valence-electron chi connectivity index (χ4n) is 1.03. The zero-order chi connectivity index (χ0) is 7.14. The molecule has 0 aliphatic carbocycles. The topological polar surface area (TPSA) is 30.4 Å². The highest BCUT2D eigenvalue weighted by atomic mass is 16.5. The van der Waals surface area contributed by atoms with E-state index in [1.165, 1.54) is 0 Å². The number of imidazole rings is 1. The minimum atomic E-state index is 0.884. The van der Waals surface area contributed by atoms with E-state index in [2.05, 4.69) is 4.98 Å². The number of aromatic nitrogens is 2. The second-order valence-corrected chi connectivity index (χ2v) is 2.41. The van der Waals surface area contributed by atoms with E-state index in [1.54, 1.807) is 4.57 Å². The van der Waals surface area contributed by atoms with Crippen molar-refractivity contribution < 1.29 is 4.52 Å². The molecule has 0 N–H and O–H groups in total. The van der Waals surface area contributed by atoms with Gasteiger partial charge < -0.3 is 4.52 Å². The van der Waals surface area contributed by atoms with E-state index in [1.807, 2.05) is 26.1 Å². The van der Waals surface area contributed by atoms with Crippen LogP contribution >= 0.6 is 0 Å². The van der Waals surface area contributed by atoms with E-state index in [4.69, 9.17) is 4.52 Å². The van der Waals surface area contributed by atoms with E-state index >= 15 is 0 Å². The van der Waals surface area contributed by atoms with Gasteiger partial charge in [-0.1, -0.05) is 0 Å². The molecule has 10 heavy (non-hydrogen) atoms. The zero-order valence-electron chi connectivity index (χ0n) is 5.96. The lowest BCUT2D eigenvalue weighted by Crippen LogP contribution is -1.68. The van der Waals surface area contributed by atoms with Crippen molar-refractivity contribution in [1.82, 2.24) is 9.56 Å². The molecule has 52 valence electrons. The second-order valence-electron chi connectivity index (χ2n) is 2.41. The highest BCUT2D eigenvalue weighted by Crippen LogP contribution is 2.08. The molecule has 0 bridgehead atoms. The maximum atomic E-state index is 5.24. The lowest BCUT2D eigenvalue weighted by atomic mass is 10.5. The molecular weight excluding hydrogens is 128 g/mol. The number of hydrogen-bond acceptors (Lipinski definition) is 2. The largest absolute Gasteiger partial charge is 0.378 e. The average Bonchev–Trinajstić information content (AvgIpc) is 2.21. The zero-order valence-corrected chi connectivity index (χ0v) is 5.96. The Morgan fingerprint density at radius 2 is 2.30 bits per heavy atom. The summed E-state index contributed by atoms with van der Waals surface area (Å²) in [4.78, 5) is 4.20. The van der Waals surface area contributed by atoms with Gasteiger partial charge in [0.25, 0.3) is 0 Å². The third-order valence-electron chi connectivity index (χ3n) is 1.40. The number of aryl methyl sites for hydroxylation is 2. The molecule has 0 radical (unpaired) electrons. The fraction of sp³-hybridized carbons (Fsp3) is 0.286. The SMILES string of the molecule is Cc1cn2oc(C)cc2n1. The van der Waals surface area contributed by atoms with Crippen LogP contribution in [0.15, 0.2) is 16.8 Å². The number of nitrogens with zero attached hydrogens (tertiary/aromatic N) is 2. The molecule has 3 heteroatoms. The summed E-state index contributed by atoms with van der Waals surface area (Å²) in [6.07, 6.45) is 1.86. The van der Waals surface area contributed by atoms with Gasteiger partial charge in [-0.3, -0.25) is 0 Å². The van der Waals surface area contributed by atoms with E-state index < -0.39 is 0 Å². The summed E-state index contributed by atoms with van der Waals surface area (Å²) in [6, 6.07) is 1.91. The van der Waals surface area contributed by atoms with Crippen molar-refractivity contribution in [2.75, 3.05) is 0 Å². The minimum Gasteiger partial charge on any atom is -0.378 e. The Kier molecular flexibility index (Phi) is 0.897. The minimum absolute atomic E-state index is 0.884. The van der Waals surface area contributed by atoms with Crippen LogP contribution in [0.25, 0.3) is 5.65 Å². The van der Waals surface area contributed by atoms with Gasteiger partial charge in [0.15, 0.2) is 5.65 Å². The van der Waals surface area contributed by atoms with Gasteiger partial charge >= 0.3 is 0 Å².